The number of rotatable bonds is 8. The minimum atomic E-state index is 0.695. The van der Waals surface area contributed by atoms with Gasteiger partial charge in [0.15, 0.2) is 0 Å². The molecule has 1 heterocycles. The van der Waals surface area contributed by atoms with Crippen LogP contribution in [0.25, 0.3) is 0 Å². The Morgan fingerprint density at radius 2 is 1.82 bits per heavy atom. The molecule has 4 heteroatoms. The van der Waals surface area contributed by atoms with Crippen LogP contribution in [0.4, 0.5) is 11.8 Å². The average Bonchev–Trinajstić information content (AvgIpc) is 2.39. The van der Waals surface area contributed by atoms with Crippen LogP contribution in [0.3, 0.4) is 0 Å². The number of hydrogen-bond acceptors (Lipinski definition) is 4. The van der Waals surface area contributed by atoms with E-state index < -0.39 is 0 Å². The van der Waals surface area contributed by atoms with E-state index in [1.54, 1.807) is 0 Å². The van der Waals surface area contributed by atoms with E-state index in [1.165, 1.54) is 25.7 Å². The van der Waals surface area contributed by atoms with Crippen LogP contribution in [0.1, 0.15) is 39.5 Å². The topological polar surface area (TPSA) is 41.1 Å². The van der Waals surface area contributed by atoms with Crippen LogP contribution in [0.5, 0.6) is 0 Å². The standard InChI is InChI=1S/C13H24N4/c1-4-6-10-17(11-7-5-2)12-8-9-15-13(14-3)16-12/h8-9H,4-7,10-11H2,1-3H3,(H,14,15,16). The Kier molecular flexibility index (Phi) is 6.37. The molecule has 1 aromatic rings. The maximum atomic E-state index is 4.50. The third-order valence-corrected chi connectivity index (χ3v) is 2.75. The van der Waals surface area contributed by atoms with Gasteiger partial charge in [0.25, 0.3) is 0 Å². The van der Waals surface area contributed by atoms with E-state index in [4.69, 9.17) is 0 Å². The van der Waals surface area contributed by atoms with E-state index >= 15 is 0 Å². The lowest BCUT2D eigenvalue weighted by Gasteiger charge is -2.23. The highest BCUT2D eigenvalue weighted by Crippen LogP contribution is 2.13. The number of unbranched alkanes of at least 4 members (excludes halogenated alkanes) is 2. The number of aromatic nitrogens is 2. The largest absolute Gasteiger partial charge is 0.357 e. The predicted octanol–water partition coefficient (Wildman–Crippen LogP) is 2.92. The van der Waals surface area contributed by atoms with Crippen molar-refractivity contribution in [2.75, 3.05) is 30.4 Å². The highest BCUT2D eigenvalue weighted by Gasteiger charge is 2.07. The van der Waals surface area contributed by atoms with Gasteiger partial charge in [-0.25, -0.2) is 4.98 Å². The predicted molar refractivity (Wildman–Crippen MR) is 73.6 cm³/mol. The van der Waals surface area contributed by atoms with E-state index in [-0.39, 0.29) is 0 Å². The molecule has 0 spiro atoms. The Morgan fingerprint density at radius 3 is 2.35 bits per heavy atom. The lowest BCUT2D eigenvalue weighted by molar-refractivity contribution is 0.671. The van der Waals surface area contributed by atoms with Crippen molar-refractivity contribution in [3.8, 4) is 0 Å². The van der Waals surface area contributed by atoms with E-state index in [9.17, 15) is 0 Å². The minimum Gasteiger partial charge on any atom is -0.357 e. The van der Waals surface area contributed by atoms with Crippen molar-refractivity contribution in [3.63, 3.8) is 0 Å². The molecule has 0 saturated carbocycles. The molecule has 1 rings (SSSR count). The monoisotopic (exact) mass is 236 g/mol. The molecule has 0 aromatic carbocycles. The van der Waals surface area contributed by atoms with Crippen molar-refractivity contribution >= 4 is 11.8 Å². The number of hydrogen-bond donors (Lipinski definition) is 1. The van der Waals surface area contributed by atoms with Crippen molar-refractivity contribution in [1.29, 1.82) is 0 Å². The fourth-order valence-electron chi connectivity index (χ4n) is 1.68. The summed E-state index contributed by atoms with van der Waals surface area (Å²) in [5.41, 5.74) is 0. The molecule has 1 N–H and O–H groups in total. The van der Waals surface area contributed by atoms with E-state index in [2.05, 4.69) is 34.0 Å². The third kappa shape index (κ3) is 4.59. The molecule has 0 fully saturated rings. The highest BCUT2D eigenvalue weighted by atomic mass is 15.2. The first-order valence-electron chi connectivity index (χ1n) is 6.57. The summed E-state index contributed by atoms with van der Waals surface area (Å²) in [6.07, 6.45) is 6.67. The van der Waals surface area contributed by atoms with Gasteiger partial charge >= 0.3 is 0 Å². The van der Waals surface area contributed by atoms with E-state index in [0.29, 0.717) is 5.95 Å². The van der Waals surface area contributed by atoms with Crippen LogP contribution in [0.2, 0.25) is 0 Å². The first-order chi connectivity index (χ1) is 8.31. The second-order valence-corrected chi connectivity index (χ2v) is 4.18. The Balaban J connectivity index is 2.71. The van der Waals surface area contributed by atoms with Gasteiger partial charge in [0.05, 0.1) is 0 Å². The summed E-state index contributed by atoms with van der Waals surface area (Å²) >= 11 is 0. The molecule has 96 valence electrons. The highest BCUT2D eigenvalue weighted by molar-refractivity contribution is 5.42. The quantitative estimate of drug-likeness (QED) is 0.753. The second-order valence-electron chi connectivity index (χ2n) is 4.18. The van der Waals surface area contributed by atoms with Gasteiger partial charge in [-0.2, -0.15) is 4.98 Å². The summed E-state index contributed by atoms with van der Waals surface area (Å²) in [4.78, 5) is 11.0. The molecule has 0 radical (unpaired) electrons. The number of nitrogens with zero attached hydrogens (tertiary/aromatic N) is 3. The molecule has 17 heavy (non-hydrogen) atoms. The van der Waals surface area contributed by atoms with Gasteiger partial charge in [-0.05, 0) is 18.9 Å². The summed E-state index contributed by atoms with van der Waals surface area (Å²) in [7, 11) is 1.85. The first kappa shape index (κ1) is 13.7. The third-order valence-electron chi connectivity index (χ3n) is 2.75. The van der Waals surface area contributed by atoms with Gasteiger partial charge in [0.1, 0.15) is 5.82 Å². The van der Waals surface area contributed by atoms with Crippen molar-refractivity contribution < 1.29 is 0 Å². The summed E-state index contributed by atoms with van der Waals surface area (Å²) < 4.78 is 0. The Hall–Kier alpha value is -1.32. The van der Waals surface area contributed by atoms with Gasteiger partial charge in [0, 0.05) is 26.3 Å². The summed E-state index contributed by atoms with van der Waals surface area (Å²) in [5, 5.41) is 2.99. The molecule has 0 atom stereocenters. The first-order valence-corrected chi connectivity index (χ1v) is 6.57. The van der Waals surface area contributed by atoms with Crippen LogP contribution in [-0.4, -0.2) is 30.1 Å². The zero-order valence-corrected chi connectivity index (χ0v) is 11.2. The lowest BCUT2D eigenvalue weighted by atomic mass is 10.2. The molecule has 0 aliphatic heterocycles. The van der Waals surface area contributed by atoms with Crippen LogP contribution in [-0.2, 0) is 0 Å². The Morgan fingerprint density at radius 1 is 1.18 bits per heavy atom. The fraction of sp³-hybridized carbons (Fsp3) is 0.692. The maximum Gasteiger partial charge on any atom is 0.224 e. The summed E-state index contributed by atoms with van der Waals surface area (Å²) in [6, 6.07) is 1.99. The average molecular weight is 236 g/mol. The van der Waals surface area contributed by atoms with Crippen molar-refractivity contribution in [2.24, 2.45) is 0 Å². The minimum absolute atomic E-state index is 0.695. The summed E-state index contributed by atoms with van der Waals surface area (Å²) in [6.45, 7) is 6.60. The molecule has 4 nitrogen and oxygen atoms in total. The van der Waals surface area contributed by atoms with Gasteiger partial charge in [-0.15, -0.1) is 0 Å². The number of nitrogens with one attached hydrogen (secondary N) is 1. The van der Waals surface area contributed by atoms with Crippen molar-refractivity contribution in [2.45, 2.75) is 39.5 Å². The van der Waals surface area contributed by atoms with Crippen molar-refractivity contribution in [3.05, 3.63) is 12.3 Å². The van der Waals surface area contributed by atoms with Gasteiger partial charge in [-0.1, -0.05) is 26.7 Å². The molecule has 1 aromatic heterocycles. The van der Waals surface area contributed by atoms with Crippen LogP contribution < -0.4 is 10.2 Å². The normalized spacial score (nSPS) is 10.3. The van der Waals surface area contributed by atoms with E-state index in [0.717, 1.165) is 18.9 Å². The maximum absolute atomic E-state index is 4.50. The Labute approximate surface area is 104 Å². The molecule has 0 amide bonds. The smallest absolute Gasteiger partial charge is 0.224 e. The fourth-order valence-corrected chi connectivity index (χ4v) is 1.68. The Bertz CT molecular complexity index is 306. The zero-order valence-electron chi connectivity index (χ0n) is 11.2. The molecular formula is C13H24N4. The lowest BCUT2D eigenvalue weighted by Crippen LogP contribution is -2.26. The molecule has 0 unspecified atom stereocenters. The molecule has 0 bridgehead atoms. The molecule has 0 aliphatic rings. The van der Waals surface area contributed by atoms with Crippen LogP contribution >= 0.6 is 0 Å². The number of anilines is 2. The summed E-state index contributed by atoms with van der Waals surface area (Å²) in [5.74, 6) is 1.73. The van der Waals surface area contributed by atoms with Gasteiger partial charge in [-0.3, -0.25) is 0 Å². The van der Waals surface area contributed by atoms with Crippen LogP contribution in [0, 0.1) is 0 Å². The zero-order chi connectivity index (χ0) is 12.5. The second kappa shape index (κ2) is 7.87. The van der Waals surface area contributed by atoms with Crippen molar-refractivity contribution in [1.82, 2.24) is 9.97 Å². The SMILES string of the molecule is CCCCN(CCCC)c1ccnc(NC)n1. The van der Waals surface area contributed by atoms with Crippen LogP contribution in [0.15, 0.2) is 12.3 Å². The molecular weight excluding hydrogens is 212 g/mol. The molecule has 0 saturated heterocycles. The molecule has 0 aliphatic carbocycles. The van der Waals surface area contributed by atoms with Gasteiger partial charge in [0.2, 0.25) is 5.95 Å². The van der Waals surface area contributed by atoms with E-state index in [1.807, 2.05) is 19.3 Å². The van der Waals surface area contributed by atoms with Gasteiger partial charge < -0.3 is 10.2 Å².